The van der Waals surface area contributed by atoms with Gasteiger partial charge in [0.1, 0.15) is 0 Å². The summed E-state index contributed by atoms with van der Waals surface area (Å²) in [6, 6.07) is 5.60. The average molecular weight is 340 g/mol. The molecule has 0 unspecified atom stereocenters. The van der Waals surface area contributed by atoms with Crippen LogP contribution in [0.1, 0.15) is 30.1 Å². The van der Waals surface area contributed by atoms with E-state index in [9.17, 15) is 18.0 Å². The van der Waals surface area contributed by atoms with E-state index in [0.717, 1.165) is 0 Å². The second-order valence-electron chi connectivity index (χ2n) is 5.43. The molecule has 8 heteroatoms. The van der Waals surface area contributed by atoms with E-state index in [1.807, 2.05) is 0 Å². The highest BCUT2D eigenvalue weighted by Crippen LogP contribution is 2.16. The van der Waals surface area contributed by atoms with Crippen LogP contribution in [0.2, 0.25) is 0 Å². The molecule has 0 spiro atoms. The Labute approximate surface area is 135 Å². The number of carbonyl (C=O) groups is 2. The molecule has 23 heavy (non-hydrogen) atoms. The summed E-state index contributed by atoms with van der Waals surface area (Å²) in [5, 5.41) is 0. The van der Waals surface area contributed by atoms with E-state index in [2.05, 4.69) is 9.46 Å². The molecule has 1 heterocycles. The monoisotopic (exact) mass is 340 g/mol. The van der Waals surface area contributed by atoms with Crippen molar-refractivity contribution in [2.75, 3.05) is 20.2 Å². The molecule has 1 aromatic rings. The number of nitrogens with one attached hydrogen (secondary N) is 1. The second kappa shape index (κ2) is 7.10. The van der Waals surface area contributed by atoms with Crippen LogP contribution >= 0.6 is 0 Å². The highest BCUT2D eigenvalue weighted by atomic mass is 32.2. The minimum absolute atomic E-state index is 0.114. The van der Waals surface area contributed by atoms with Gasteiger partial charge in [-0.2, -0.15) is 0 Å². The lowest BCUT2D eigenvalue weighted by molar-refractivity contribution is 0.101. The first-order valence-electron chi connectivity index (χ1n) is 7.29. The molecular formula is C15H20N2O5S. The van der Waals surface area contributed by atoms with Crippen molar-refractivity contribution in [2.45, 2.75) is 30.7 Å². The molecule has 0 aromatic heterocycles. The summed E-state index contributed by atoms with van der Waals surface area (Å²) in [6.45, 7) is 2.32. The average Bonchev–Trinajstić information content (AvgIpc) is 2.54. The van der Waals surface area contributed by atoms with Crippen LogP contribution in [0.15, 0.2) is 29.2 Å². The SMILES string of the molecule is COC(=O)N1CCC(NS(=O)(=O)c2ccc(C(C)=O)cc2)CC1. The van der Waals surface area contributed by atoms with Crippen molar-refractivity contribution in [2.24, 2.45) is 0 Å². The topological polar surface area (TPSA) is 92.8 Å². The van der Waals surface area contributed by atoms with Crippen molar-refractivity contribution < 1.29 is 22.7 Å². The highest BCUT2D eigenvalue weighted by Gasteiger charge is 2.27. The third-order valence-corrected chi connectivity index (χ3v) is 5.36. The largest absolute Gasteiger partial charge is 0.453 e. The summed E-state index contributed by atoms with van der Waals surface area (Å²) in [7, 11) is -2.32. The van der Waals surface area contributed by atoms with Gasteiger partial charge in [0, 0.05) is 24.7 Å². The molecule has 1 aromatic carbocycles. The zero-order valence-corrected chi connectivity index (χ0v) is 13.9. The number of Topliss-reactive ketones (excluding diaryl/α,β-unsaturated/α-hetero) is 1. The third kappa shape index (κ3) is 4.29. The molecule has 1 fully saturated rings. The first kappa shape index (κ1) is 17.4. The minimum atomic E-state index is -3.64. The van der Waals surface area contributed by atoms with Crippen LogP contribution < -0.4 is 4.72 Å². The number of carbonyl (C=O) groups excluding carboxylic acids is 2. The van der Waals surface area contributed by atoms with Crippen LogP contribution in [0.25, 0.3) is 0 Å². The molecule has 0 radical (unpaired) electrons. The quantitative estimate of drug-likeness (QED) is 0.836. The summed E-state index contributed by atoms with van der Waals surface area (Å²) in [6.07, 6.45) is 0.658. The van der Waals surface area contributed by atoms with Gasteiger partial charge in [0.2, 0.25) is 10.0 Å². The van der Waals surface area contributed by atoms with Crippen LogP contribution in [0.3, 0.4) is 0 Å². The summed E-state index contributed by atoms with van der Waals surface area (Å²) in [4.78, 5) is 24.3. The van der Waals surface area contributed by atoms with E-state index in [1.54, 1.807) is 4.90 Å². The maximum absolute atomic E-state index is 12.4. The van der Waals surface area contributed by atoms with Crippen LogP contribution in [0.5, 0.6) is 0 Å². The minimum Gasteiger partial charge on any atom is -0.453 e. The molecular weight excluding hydrogens is 320 g/mol. The van der Waals surface area contributed by atoms with Crippen molar-refractivity contribution in [3.05, 3.63) is 29.8 Å². The Bertz CT molecular complexity index is 676. The third-order valence-electron chi connectivity index (χ3n) is 3.82. The van der Waals surface area contributed by atoms with Gasteiger partial charge in [-0.05, 0) is 31.9 Å². The first-order chi connectivity index (χ1) is 10.8. The predicted molar refractivity (Wildman–Crippen MR) is 83.8 cm³/mol. The van der Waals surface area contributed by atoms with Crippen molar-refractivity contribution in [1.82, 2.24) is 9.62 Å². The molecule has 0 saturated carbocycles. The number of nitrogens with zero attached hydrogens (tertiary/aromatic N) is 1. The Morgan fingerprint density at radius 1 is 1.17 bits per heavy atom. The Morgan fingerprint density at radius 3 is 2.22 bits per heavy atom. The Kier molecular flexibility index (Phi) is 5.38. The lowest BCUT2D eigenvalue weighted by atomic mass is 10.1. The Hall–Kier alpha value is -1.93. The van der Waals surface area contributed by atoms with E-state index < -0.39 is 16.1 Å². The lowest BCUT2D eigenvalue weighted by Crippen LogP contribution is -2.46. The molecule has 1 saturated heterocycles. The Morgan fingerprint density at radius 2 is 1.74 bits per heavy atom. The van der Waals surface area contributed by atoms with Gasteiger partial charge in [-0.3, -0.25) is 4.79 Å². The number of likely N-dealkylation sites (tertiary alicyclic amines) is 1. The molecule has 7 nitrogen and oxygen atoms in total. The van der Waals surface area contributed by atoms with E-state index in [4.69, 9.17) is 0 Å². The molecule has 1 aliphatic rings. The predicted octanol–water partition coefficient (Wildman–Crippen LogP) is 1.40. The van der Waals surface area contributed by atoms with Crippen LogP contribution in [-0.2, 0) is 14.8 Å². The molecule has 1 amide bonds. The van der Waals surface area contributed by atoms with E-state index in [-0.39, 0.29) is 16.7 Å². The molecule has 1 N–H and O–H groups in total. The number of ketones is 1. The maximum Gasteiger partial charge on any atom is 0.409 e. The number of ether oxygens (including phenoxy) is 1. The first-order valence-corrected chi connectivity index (χ1v) is 8.78. The fourth-order valence-electron chi connectivity index (χ4n) is 2.47. The summed E-state index contributed by atoms with van der Waals surface area (Å²) in [5.74, 6) is -0.114. The summed E-state index contributed by atoms with van der Waals surface area (Å²) in [5.41, 5.74) is 0.468. The number of benzene rings is 1. The van der Waals surface area contributed by atoms with Crippen LogP contribution in [0.4, 0.5) is 4.79 Å². The maximum atomic E-state index is 12.4. The van der Waals surface area contributed by atoms with Gasteiger partial charge >= 0.3 is 6.09 Å². The van der Waals surface area contributed by atoms with Crippen LogP contribution in [0, 0.1) is 0 Å². The van der Waals surface area contributed by atoms with Crippen molar-refractivity contribution in [1.29, 1.82) is 0 Å². The van der Waals surface area contributed by atoms with Gasteiger partial charge < -0.3 is 9.64 Å². The van der Waals surface area contributed by atoms with E-state index >= 15 is 0 Å². The molecule has 0 aliphatic carbocycles. The second-order valence-corrected chi connectivity index (χ2v) is 7.15. The number of rotatable bonds is 4. The van der Waals surface area contributed by atoms with Crippen molar-refractivity contribution in [3.63, 3.8) is 0 Å². The van der Waals surface area contributed by atoms with Gasteiger partial charge in [0.15, 0.2) is 5.78 Å². The zero-order valence-electron chi connectivity index (χ0n) is 13.1. The summed E-state index contributed by atoms with van der Waals surface area (Å²) < 4.78 is 32.0. The Balaban J connectivity index is 1.99. The molecule has 126 valence electrons. The molecule has 2 rings (SSSR count). The lowest BCUT2D eigenvalue weighted by Gasteiger charge is -2.31. The molecule has 0 bridgehead atoms. The van der Waals surface area contributed by atoms with Crippen molar-refractivity contribution >= 4 is 21.9 Å². The fourth-order valence-corrected chi connectivity index (χ4v) is 3.77. The van der Waals surface area contributed by atoms with Gasteiger partial charge in [0.05, 0.1) is 12.0 Å². The number of hydrogen-bond acceptors (Lipinski definition) is 5. The molecule has 1 aliphatic heterocycles. The summed E-state index contributed by atoms with van der Waals surface area (Å²) >= 11 is 0. The number of hydrogen-bond donors (Lipinski definition) is 1. The van der Waals surface area contributed by atoms with E-state index in [1.165, 1.54) is 38.3 Å². The van der Waals surface area contributed by atoms with Gasteiger partial charge in [-0.1, -0.05) is 12.1 Å². The number of piperidine rings is 1. The number of amides is 1. The number of methoxy groups -OCH3 is 1. The van der Waals surface area contributed by atoms with Crippen molar-refractivity contribution in [3.8, 4) is 0 Å². The van der Waals surface area contributed by atoms with E-state index in [0.29, 0.717) is 31.5 Å². The van der Waals surface area contributed by atoms with Crippen LogP contribution in [-0.4, -0.2) is 51.4 Å². The zero-order chi connectivity index (χ0) is 17.0. The van der Waals surface area contributed by atoms with Gasteiger partial charge in [-0.15, -0.1) is 0 Å². The van der Waals surface area contributed by atoms with Gasteiger partial charge in [-0.25, -0.2) is 17.9 Å². The molecule has 0 atom stereocenters. The highest BCUT2D eigenvalue weighted by molar-refractivity contribution is 7.89. The standard InChI is InChI=1S/C15H20N2O5S/c1-11(18)12-3-5-14(6-4-12)23(20,21)16-13-7-9-17(10-8-13)15(19)22-2/h3-6,13,16H,7-10H2,1-2H3. The smallest absolute Gasteiger partial charge is 0.409 e. The fraction of sp³-hybridized carbons (Fsp3) is 0.467. The normalized spacial score (nSPS) is 16.2. The van der Waals surface area contributed by atoms with Gasteiger partial charge in [0.25, 0.3) is 0 Å². The number of sulfonamides is 1.